The number of nitrogens with one attached hydrogen (secondary N) is 1. The molecule has 0 aliphatic rings. The summed E-state index contributed by atoms with van der Waals surface area (Å²) in [5.74, 6) is -0.378. The smallest absolute Gasteiger partial charge is 0.264 e. The predicted octanol–water partition coefficient (Wildman–Crippen LogP) is 4.29. The lowest BCUT2D eigenvalue weighted by atomic mass is 10.2. The average molecular weight is 484 g/mol. The van der Waals surface area contributed by atoms with E-state index in [0.717, 1.165) is 26.0 Å². The van der Waals surface area contributed by atoms with E-state index in [1.54, 1.807) is 36.4 Å². The van der Waals surface area contributed by atoms with Crippen LogP contribution in [0.1, 0.15) is 11.1 Å². The monoisotopic (exact) mass is 483 g/mol. The van der Waals surface area contributed by atoms with Crippen LogP contribution in [0.2, 0.25) is 0 Å². The van der Waals surface area contributed by atoms with Crippen LogP contribution in [0.25, 0.3) is 0 Å². The Morgan fingerprint density at radius 3 is 2.00 bits per heavy atom. The number of nitrogens with zero attached hydrogens (tertiary/aromatic N) is 2. The van der Waals surface area contributed by atoms with E-state index in [9.17, 15) is 13.2 Å². The largest absolute Gasteiger partial charge is 0.378 e. The summed E-state index contributed by atoms with van der Waals surface area (Å²) < 4.78 is 28.1. The molecule has 0 aliphatic heterocycles. The van der Waals surface area contributed by atoms with Crippen molar-refractivity contribution < 1.29 is 13.2 Å². The van der Waals surface area contributed by atoms with Crippen molar-refractivity contribution in [2.24, 2.45) is 0 Å². The molecule has 0 unspecified atom stereocenters. The molecule has 0 saturated heterocycles. The molecule has 1 amide bonds. The van der Waals surface area contributed by atoms with Crippen LogP contribution >= 0.6 is 11.8 Å². The van der Waals surface area contributed by atoms with Gasteiger partial charge in [-0.3, -0.25) is 9.10 Å². The van der Waals surface area contributed by atoms with Crippen molar-refractivity contribution in [2.75, 3.05) is 36.1 Å². The molecule has 1 N–H and O–H groups in total. The molecule has 0 heterocycles. The van der Waals surface area contributed by atoms with Crippen molar-refractivity contribution in [1.82, 2.24) is 5.32 Å². The number of benzene rings is 3. The number of hydrogen-bond acceptors (Lipinski definition) is 5. The fourth-order valence-corrected chi connectivity index (χ4v) is 5.03. The maximum absolute atomic E-state index is 13.5. The van der Waals surface area contributed by atoms with Gasteiger partial charge in [-0.1, -0.05) is 29.8 Å². The molecule has 6 nitrogen and oxygen atoms in total. The Balaban J connectivity index is 1.80. The number of amides is 1. The number of thioether (sulfide) groups is 1. The Morgan fingerprint density at radius 1 is 0.879 bits per heavy atom. The summed E-state index contributed by atoms with van der Waals surface area (Å²) in [7, 11) is 0.000214. The Hall–Kier alpha value is -2.97. The number of aryl methyl sites for hydroxylation is 1. The van der Waals surface area contributed by atoms with Gasteiger partial charge in [-0.25, -0.2) is 8.42 Å². The first kappa shape index (κ1) is 24.7. The molecule has 0 aromatic heterocycles. The lowest BCUT2D eigenvalue weighted by molar-refractivity contribution is -0.119. The highest BCUT2D eigenvalue weighted by atomic mass is 32.2. The minimum absolute atomic E-state index is 0.146. The Morgan fingerprint density at radius 2 is 1.45 bits per heavy atom. The van der Waals surface area contributed by atoms with Crippen molar-refractivity contribution in [1.29, 1.82) is 0 Å². The SMILES string of the molecule is CSc1ccc(S(=O)(=O)N(CC(=O)NCc2ccc(N(C)C)cc2)c2ccc(C)cc2)cc1. The van der Waals surface area contributed by atoms with E-state index in [1.807, 2.05) is 68.6 Å². The second kappa shape index (κ2) is 10.8. The normalized spacial score (nSPS) is 11.2. The molecule has 0 spiro atoms. The molecule has 3 aromatic rings. The van der Waals surface area contributed by atoms with Gasteiger partial charge in [0.15, 0.2) is 0 Å². The van der Waals surface area contributed by atoms with Gasteiger partial charge in [0.2, 0.25) is 5.91 Å². The van der Waals surface area contributed by atoms with Crippen molar-refractivity contribution in [3.8, 4) is 0 Å². The zero-order valence-electron chi connectivity index (χ0n) is 19.3. The Bertz CT molecular complexity index is 1180. The third kappa shape index (κ3) is 6.30. The number of hydrogen-bond donors (Lipinski definition) is 1. The van der Waals surface area contributed by atoms with Crippen LogP contribution in [0.3, 0.4) is 0 Å². The molecule has 33 heavy (non-hydrogen) atoms. The molecule has 3 aromatic carbocycles. The van der Waals surface area contributed by atoms with Gasteiger partial charge in [-0.05, 0) is 67.3 Å². The summed E-state index contributed by atoms with van der Waals surface area (Å²) in [4.78, 5) is 15.9. The zero-order valence-corrected chi connectivity index (χ0v) is 20.9. The van der Waals surface area contributed by atoms with Crippen molar-refractivity contribution in [3.63, 3.8) is 0 Å². The highest BCUT2D eigenvalue weighted by Crippen LogP contribution is 2.25. The first-order valence-electron chi connectivity index (χ1n) is 10.5. The van der Waals surface area contributed by atoms with E-state index in [2.05, 4.69) is 5.32 Å². The standard InChI is InChI=1S/C25H29N3O3S2/c1-19-5-9-22(10-6-19)28(33(30,31)24-15-13-23(32-4)14-16-24)18-25(29)26-17-20-7-11-21(12-8-20)27(2)3/h5-16H,17-18H2,1-4H3,(H,26,29). The van der Waals surface area contributed by atoms with Crippen molar-refractivity contribution in [2.45, 2.75) is 23.3 Å². The van der Waals surface area contributed by atoms with Crippen LogP contribution in [0.4, 0.5) is 11.4 Å². The van der Waals surface area contributed by atoms with Crippen LogP contribution in [0.5, 0.6) is 0 Å². The summed E-state index contributed by atoms with van der Waals surface area (Å²) in [5.41, 5.74) is 3.45. The maximum Gasteiger partial charge on any atom is 0.264 e. The van der Waals surface area contributed by atoms with Gasteiger partial charge in [0.1, 0.15) is 6.54 Å². The molecule has 3 rings (SSSR count). The maximum atomic E-state index is 13.5. The molecule has 0 fully saturated rings. The fraction of sp³-hybridized carbons (Fsp3) is 0.240. The van der Waals surface area contributed by atoms with Gasteiger partial charge in [-0.15, -0.1) is 11.8 Å². The topological polar surface area (TPSA) is 69.7 Å². The van der Waals surface area contributed by atoms with E-state index < -0.39 is 10.0 Å². The van der Waals surface area contributed by atoms with Crippen molar-refractivity contribution in [3.05, 3.63) is 83.9 Å². The summed E-state index contributed by atoms with van der Waals surface area (Å²) in [6.07, 6.45) is 1.93. The third-order valence-corrected chi connectivity index (χ3v) is 7.73. The van der Waals surface area contributed by atoms with Crippen molar-refractivity contribution >= 4 is 39.1 Å². The van der Waals surface area contributed by atoms with E-state index in [0.29, 0.717) is 12.2 Å². The third-order valence-electron chi connectivity index (χ3n) is 5.20. The quantitative estimate of drug-likeness (QED) is 0.460. The second-order valence-corrected chi connectivity index (χ2v) is 10.6. The number of anilines is 2. The molecule has 0 atom stereocenters. The molecule has 0 radical (unpaired) electrons. The highest BCUT2D eigenvalue weighted by molar-refractivity contribution is 7.98. The first-order valence-corrected chi connectivity index (χ1v) is 13.1. The van der Waals surface area contributed by atoms with Crippen LogP contribution in [0.15, 0.2) is 82.6 Å². The van der Waals surface area contributed by atoms with E-state index in [1.165, 1.54) is 11.8 Å². The molecule has 0 saturated carbocycles. The van der Waals surface area contributed by atoms with E-state index in [-0.39, 0.29) is 17.3 Å². The molecular formula is C25H29N3O3S2. The lowest BCUT2D eigenvalue weighted by Gasteiger charge is -2.24. The number of carbonyl (C=O) groups is 1. The highest BCUT2D eigenvalue weighted by Gasteiger charge is 2.27. The van der Waals surface area contributed by atoms with Gasteiger partial charge >= 0.3 is 0 Å². The molecule has 0 aliphatic carbocycles. The van der Waals surface area contributed by atoms with Crippen LogP contribution in [-0.2, 0) is 21.4 Å². The van der Waals surface area contributed by atoms with Gasteiger partial charge < -0.3 is 10.2 Å². The number of sulfonamides is 1. The van der Waals surface area contributed by atoms with Gasteiger partial charge in [0, 0.05) is 31.2 Å². The van der Waals surface area contributed by atoms with Gasteiger partial charge in [0.25, 0.3) is 10.0 Å². The van der Waals surface area contributed by atoms with Crippen LogP contribution in [0, 0.1) is 6.92 Å². The lowest BCUT2D eigenvalue weighted by Crippen LogP contribution is -2.40. The Labute approximate surface area is 200 Å². The minimum atomic E-state index is -3.93. The average Bonchev–Trinajstić information content (AvgIpc) is 2.82. The minimum Gasteiger partial charge on any atom is -0.378 e. The first-order chi connectivity index (χ1) is 15.7. The van der Waals surface area contributed by atoms with Gasteiger partial charge in [0.05, 0.1) is 10.6 Å². The summed E-state index contributed by atoms with van der Waals surface area (Å²) in [6.45, 7) is 1.93. The second-order valence-electron chi connectivity index (χ2n) is 7.86. The fourth-order valence-electron chi connectivity index (χ4n) is 3.20. The predicted molar refractivity (Wildman–Crippen MR) is 137 cm³/mol. The molecule has 8 heteroatoms. The zero-order chi connectivity index (χ0) is 24.0. The van der Waals surface area contributed by atoms with Crippen LogP contribution in [-0.4, -0.2) is 41.2 Å². The molecular weight excluding hydrogens is 454 g/mol. The number of carbonyl (C=O) groups excluding carboxylic acids is 1. The summed E-state index contributed by atoms with van der Waals surface area (Å²) in [5, 5.41) is 2.84. The summed E-state index contributed by atoms with van der Waals surface area (Å²) in [6, 6.07) is 21.6. The Kier molecular flexibility index (Phi) is 8.05. The van der Waals surface area contributed by atoms with Crippen LogP contribution < -0.4 is 14.5 Å². The molecule has 174 valence electrons. The van der Waals surface area contributed by atoms with E-state index >= 15 is 0 Å². The summed E-state index contributed by atoms with van der Waals surface area (Å²) >= 11 is 1.54. The molecule has 0 bridgehead atoms. The van der Waals surface area contributed by atoms with Gasteiger partial charge in [-0.2, -0.15) is 0 Å². The van der Waals surface area contributed by atoms with E-state index in [4.69, 9.17) is 0 Å². The number of rotatable bonds is 9.